The van der Waals surface area contributed by atoms with Crippen molar-refractivity contribution in [3.63, 3.8) is 0 Å². The van der Waals surface area contributed by atoms with Gasteiger partial charge in [-0.2, -0.15) is 0 Å². The van der Waals surface area contributed by atoms with E-state index < -0.39 is 0 Å². The fraction of sp³-hybridized carbons (Fsp3) is 0.0714. The van der Waals surface area contributed by atoms with Gasteiger partial charge in [-0.1, -0.05) is 17.7 Å². The summed E-state index contributed by atoms with van der Waals surface area (Å²) in [4.78, 5) is 10.6. The van der Waals surface area contributed by atoms with Gasteiger partial charge in [-0.15, -0.1) is 0 Å². The highest BCUT2D eigenvalue weighted by Crippen LogP contribution is 2.31. The number of rotatable bonds is 3. The van der Waals surface area contributed by atoms with Crippen molar-refractivity contribution in [1.82, 2.24) is 0 Å². The molecule has 4 heteroatoms. The van der Waals surface area contributed by atoms with E-state index in [0.717, 1.165) is 5.56 Å². The van der Waals surface area contributed by atoms with Gasteiger partial charge >= 0.3 is 0 Å². The molecule has 0 aliphatic carbocycles. The second kappa shape index (κ2) is 5.19. The van der Waals surface area contributed by atoms with Crippen LogP contribution in [0.25, 0.3) is 0 Å². The van der Waals surface area contributed by atoms with Crippen molar-refractivity contribution in [2.75, 3.05) is 0 Å². The summed E-state index contributed by atoms with van der Waals surface area (Å²) in [6.45, 7) is 1.81. The summed E-state index contributed by atoms with van der Waals surface area (Å²) >= 11 is 5.97. The maximum atomic E-state index is 13.1. The smallest absolute Gasteiger partial charge is 0.150 e. The second-order valence-electron chi connectivity index (χ2n) is 3.82. The molecule has 2 aromatic rings. The topological polar surface area (TPSA) is 26.3 Å². The number of benzene rings is 2. The third-order valence-electron chi connectivity index (χ3n) is 2.46. The first-order valence-corrected chi connectivity index (χ1v) is 5.66. The minimum atomic E-state index is -0.378. The molecule has 2 nitrogen and oxygen atoms in total. The van der Waals surface area contributed by atoms with Crippen molar-refractivity contribution < 1.29 is 13.9 Å². The number of carbonyl (C=O) groups is 1. The monoisotopic (exact) mass is 264 g/mol. The van der Waals surface area contributed by atoms with Crippen LogP contribution in [0.15, 0.2) is 36.4 Å². The van der Waals surface area contributed by atoms with E-state index in [0.29, 0.717) is 28.4 Å². The molecule has 0 amide bonds. The second-order valence-corrected chi connectivity index (χ2v) is 4.23. The maximum Gasteiger partial charge on any atom is 0.150 e. The Morgan fingerprint density at radius 1 is 1.17 bits per heavy atom. The summed E-state index contributed by atoms with van der Waals surface area (Å²) in [6, 6.07) is 8.94. The summed E-state index contributed by atoms with van der Waals surface area (Å²) in [5, 5.41) is 0.309. The van der Waals surface area contributed by atoms with Crippen molar-refractivity contribution in [3.05, 3.63) is 58.4 Å². The third kappa shape index (κ3) is 2.68. The molecule has 2 rings (SSSR count). The Morgan fingerprint density at radius 3 is 2.61 bits per heavy atom. The van der Waals surface area contributed by atoms with Crippen LogP contribution in [0.3, 0.4) is 0 Å². The third-order valence-corrected chi connectivity index (χ3v) is 2.76. The van der Waals surface area contributed by atoms with Crippen LogP contribution in [0.5, 0.6) is 11.5 Å². The molecule has 0 saturated heterocycles. The Morgan fingerprint density at radius 2 is 1.94 bits per heavy atom. The number of aldehydes is 1. The average Bonchev–Trinajstić information content (AvgIpc) is 2.36. The highest BCUT2D eigenvalue weighted by Gasteiger charge is 2.07. The summed E-state index contributed by atoms with van der Waals surface area (Å²) in [6.07, 6.45) is 0.698. The van der Waals surface area contributed by atoms with Gasteiger partial charge < -0.3 is 4.74 Å². The highest BCUT2D eigenvalue weighted by atomic mass is 35.5. The van der Waals surface area contributed by atoms with E-state index in [2.05, 4.69) is 0 Å². The fourth-order valence-corrected chi connectivity index (χ4v) is 1.70. The van der Waals surface area contributed by atoms with Crippen molar-refractivity contribution in [2.45, 2.75) is 6.92 Å². The van der Waals surface area contributed by atoms with Gasteiger partial charge in [0.15, 0.2) is 0 Å². The van der Waals surface area contributed by atoms with E-state index in [9.17, 15) is 9.18 Å². The number of ether oxygens (including phenoxy) is 1. The molecule has 0 aromatic heterocycles. The molecule has 0 saturated carbocycles. The molecule has 0 fully saturated rings. The predicted molar refractivity (Wildman–Crippen MR) is 68.1 cm³/mol. The minimum Gasteiger partial charge on any atom is -0.455 e. The molecule has 92 valence electrons. The molecule has 0 heterocycles. The van der Waals surface area contributed by atoms with Crippen LogP contribution >= 0.6 is 11.6 Å². The standard InChI is InChI=1S/C14H10ClFO2/c1-9-2-4-11(16)7-14(9)18-13-5-3-10(8-17)6-12(13)15/h2-8H,1H3. The van der Waals surface area contributed by atoms with E-state index >= 15 is 0 Å². The Labute approximate surface area is 109 Å². The number of aryl methyl sites for hydroxylation is 1. The number of hydrogen-bond donors (Lipinski definition) is 0. The van der Waals surface area contributed by atoms with Gasteiger partial charge in [0.05, 0.1) is 5.02 Å². The first-order chi connectivity index (χ1) is 8.60. The van der Waals surface area contributed by atoms with E-state index in [1.807, 2.05) is 6.92 Å². The lowest BCUT2D eigenvalue weighted by molar-refractivity contribution is 0.112. The van der Waals surface area contributed by atoms with Gasteiger partial charge in [-0.05, 0) is 36.8 Å². The summed E-state index contributed by atoms with van der Waals surface area (Å²) in [5.74, 6) is 0.406. The van der Waals surface area contributed by atoms with Crippen LogP contribution in [0, 0.1) is 12.7 Å². The largest absolute Gasteiger partial charge is 0.455 e. The Bertz CT molecular complexity index is 596. The number of carbonyl (C=O) groups excluding carboxylic acids is 1. The van der Waals surface area contributed by atoms with Crippen LogP contribution in [-0.2, 0) is 0 Å². The number of halogens is 2. The molecule has 0 unspecified atom stereocenters. The van der Waals surface area contributed by atoms with Crippen LogP contribution in [0.4, 0.5) is 4.39 Å². The van der Waals surface area contributed by atoms with Crippen LogP contribution in [0.2, 0.25) is 5.02 Å². The van der Waals surface area contributed by atoms with Gasteiger partial charge in [0.25, 0.3) is 0 Å². The van der Waals surface area contributed by atoms with E-state index in [4.69, 9.17) is 16.3 Å². The normalized spacial score (nSPS) is 10.2. The van der Waals surface area contributed by atoms with Gasteiger partial charge in [-0.25, -0.2) is 4.39 Å². The minimum absolute atomic E-state index is 0.309. The molecule has 0 bridgehead atoms. The first-order valence-electron chi connectivity index (χ1n) is 5.29. The lowest BCUT2D eigenvalue weighted by Crippen LogP contribution is -1.90. The van der Waals surface area contributed by atoms with Crippen molar-refractivity contribution in [3.8, 4) is 11.5 Å². The first kappa shape index (κ1) is 12.6. The van der Waals surface area contributed by atoms with Gasteiger partial charge in [0.2, 0.25) is 0 Å². The quantitative estimate of drug-likeness (QED) is 0.769. The zero-order valence-electron chi connectivity index (χ0n) is 9.61. The zero-order chi connectivity index (χ0) is 13.1. The van der Waals surface area contributed by atoms with E-state index in [1.54, 1.807) is 18.2 Å². The molecule has 0 spiro atoms. The molecule has 0 N–H and O–H groups in total. The van der Waals surface area contributed by atoms with Crippen LogP contribution in [-0.4, -0.2) is 6.29 Å². The van der Waals surface area contributed by atoms with E-state index in [-0.39, 0.29) is 5.82 Å². The molecular formula is C14H10ClFO2. The lowest BCUT2D eigenvalue weighted by Gasteiger charge is -2.10. The molecule has 2 aromatic carbocycles. The van der Waals surface area contributed by atoms with E-state index in [1.165, 1.54) is 18.2 Å². The van der Waals surface area contributed by atoms with Gasteiger partial charge in [-0.3, -0.25) is 4.79 Å². The van der Waals surface area contributed by atoms with Gasteiger partial charge in [0.1, 0.15) is 23.6 Å². The molecule has 18 heavy (non-hydrogen) atoms. The fourth-order valence-electron chi connectivity index (χ4n) is 1.48. The molecular weight excluding hydrogens is 255 g/mol. The number of hydrogen-bond acceptors (Lipinski definition) is 2. The Balaban J connectivity index is 2.34. The molecule has 0 aliphatic heterocycles. The Hall–Kier alpha value is -1.87. The van der Waals surface area contributed by atoms with Crippen molar-refractivity contribution in [2.24, 2.45) is 0 Å². The van der Waals surface area contributed by atoms with Gasteiger partial charge in [0, 0.05) is 11.6 Å². The molecule has 0 atom stereocenters. The SMILES string of the molecule is Cc1ccc(F)cc1Oc1ccc(C=O)cc1Cl. The van der Waals surface area contributed by atoms with Crippen molar-refractivity contribution in [1.29, 1.82) is 0 Å². The highest BCUT2D eigenvalue weighted by molar-refractivity contribution is 6.32. The lowest BCUT2D eigenvalue weighted by atomic mass is 10.2. The predicted octanol–water partition coefficient (Wildman–Crippen LogP) is 4.39. The average molecular weight is 265 g/mol. The maximum absolute atomic E-state index is 13.1. The zero-order valence-corrected chi connectivity index (χ0v) is 10.4. The Kier molecular flexibility index (Phi) is 3.63. The van der Waals surface area contributed by atoms with Crippen molar-refractivity contribution >= 4 is 17.9 Å². The summed E-state index contributed by atoms with van der Waals surface area (Å²) < 4.78 is 18.6. The van der Waals surface area contributed by atoms with Crippen LogP contribution in [0.1, 0.15) is 15.9 Å². The summed E-state index contributed by atoms with van der Waals surface area (Å²) in [7, 11) is 0. The van der Waals surface area contributed by atoms with Crippen LogP contribution < -0.4 is 4.74 Å². The molecule has 0 aliphatic rings. The summed E-state index contributed by atoms with van der Waals surface area (Å²) in [5.41, 5.74) is 1.26. The molecule has 0 radical (unpaired) electrons.